The molecule has 2 heterocycles. The maximum atomic E-state index is 11.0. The highest BCUT2D eigenvalue weighted by molar-refractivity contribution is 5.83. The minimum atomic E-state index is -0.642. The van der Waals surface area contributed by atoms with Gasteiger partial charge >= 0.3 is 5.97 Å². The lowest BCUT2D eigenvalue weighted by molar-refractivity contribution is -0.138. The summed E-state index contributed by atoms with van der Waals surface area (Å²) in [4.78, 5) is 16.9. The fourth-order valence-corrected chi connectivity index (χ4v) is 4.20. The first-order valence-corrected chi connectivity index (χ1v) is 8.65. The minimum Gasteiger partial charge on any atom is -0.481 e. The molecular weight excluding hydrogens is 288 g/mol. The van der Waals surface area contributed by atoms with Gasteiger partial charge in [0.1, 0.15) is 0 Å². The molecule has 1 saturated carbocycles. The average Bonchev–Trinajstić information content (AvgIpc) is 3.14. The fourth-order valence-electron chi connectivity index (χ4n) is 4.20. The zero-order valence-corrected chi connectivity index (χ0v) is 13.4. The van der Waals surface area contributed by atoms with Gasteiger partial charge in [0.25, 0.3) is 0 Å². The molecule has 122 valence electrons. The Morgan fingerprint density at radius 1 is 1.26 bits per heavy atom. The standard InChI is InChI=1S/C19H24N2O2/c22-18(23)11-19(7-8-19)13-21-9-5-14(6-10-21)16-12-20-17-4-2-1-3-15(16)17/h1-4,12,14,20H,5-11,13H2,(H,22,23). The summed E-state index contributed by atoms with van der Waals surface area (Å²) in [6, 6.07) is 8.52. The number of piperidine rings is 1. The lowest BCUT2D eigenvalue weighted by atomic mass is 9.88. The first kappa shape index (κ1) is 14.8. The van der Waals surface area contributed by atoms with Crippen LogP contribution in [0, 0.1) is 5.41 Å². The number of likely N-dealkylation sites (tertiary alicyclic amines) is 1. The van der Waals surface area contributed by atoms with Gasteiger partial charge in [-0.25, -0.2) is 0 Å². The molecule has 2 fully saturated rings. The van der Waals surface area contributed by atoms with E-state index in [0.717, 1.165) is 32.5 Å². The summed E-state index contributed by atoms with van der Waals surface area (Å²) in [5, 5.41) is 10.4. The highest BCUT2D eigenvalue weighted by atomic mass is 16.4. The predicted octanol–water partition coefficient (Wildman–Crippen LogP) is 3.60. The smallest absolute Gasteiger partial charge is 0.303 e. The highest BCUT2D eigenvalue weighted by Gasteiger charge is 2.45. The second-order valence-corrected chi connectivity index (χ2v) is 7.41. The predicted molar refractivity (Wildman–Crippen MR) is 90.6 cm³/mol. The number of carbonyl (C=O) groups is 1. The third kappa shape index (κ3) is 3.00. The van der Waals surface area contributed by atoms with Crippen molar-refractivity contribution >= 4 is 16.9 Å². The SMILES string of the molecule is O=C(O)CC1(CN2CCC(c3c[nH]c4ccccc34)CC2)CC1. The number of hydrogen-bond acceptors (Lipinski definition) is 2. The number of aromatic nitrogens is 1. The Morgan fingerprint density at radius 2 is 2.00 bits per heavy atom. The maximum absolute atomic E-state index is 11.0. The monoisotopic (exact) mass is 312 g/mol. The Hall–Kier alpha value is -1.81. The normalized spacial score (nSPS) is 21.6. The number of H-pyrrole nitrogens is 1. The van der Waals surface area contributed by atoms with E-state index in [-0.39, 0.29) is 5.41 Å². The number of aromatic amines is 1. The molecule has 1 saturated heterocycles. The number of carboxylic acids is 1. The van der Waals surface area contributed by atoms with E-state index in [4.69, 9.17) is 5.11 Å². The molecule has 0 unspecified atom stereocenters. The van der Waals surface area contributed by atoms with Crippen molar-refractivity contribution in [3.8, 4) is 0 Å². The fraction of sp³-hybridized carbons (Fsp3) is 0.526. The van der Waals surface area contributed by atoms with E-state index in [1.165, 1.54) is 29.3 Å². The number of para-hydroxylation sites is 1. The van der Waals surface area contributed by atoms with Gasteiger partial charge in [-0.15, -0.1) is 0 Å². The first-order valence-electron chi connectivity index (χ1n) is 8.65. The van der Waals surface area contributed by atoms with Gasteiger partial charge in [0, 0.05) is 23.6 Å². The Morgan fingerprint density at radius 3 is 2.70 bits per heavy atom. The van der Waals surface area contributed by atoms with Crippen LogP contribution in [0.2, 0.25) is 0 Å². The van der Waals surface area contributed by atoms with Crippen LogP contribution < -0.4 is 0 Å². The molecule has 0 atom stereocenters. The van der Waals surface area contributed by atoms with E-state index in [0.29, 0.717) is 12.3 Å². The number of nitrogens with one attached hydrogen (secondary N) is 1. The van der Waals surface area contributed by atoms with Crippen LogP contribution in [0.1, 0.15) is 43.6 Å². The van der Waals surface area contributed by atoms with E-state index >= 15 is 0 Å². The van der Waals surface area contributed by atoms with E-state index in [9.17, 15) is 4.79 Å². The minimum absolute atomic E-state index is 0.0828. The van der Waals surface area contributed by atoms with Crippen molar-refractivity contribution in [2.24, 2.45) is 5.41 Å². The third-order valence-electron chi connectivity index (χ3n) is 5.69. The van der Waals surface area contributed by atoms with Crippen LogP contribution >= 0.6 is 0 Å². The van der Waals surface area contributed by atoms with Gasteiger partial charge < -0.3 is 15.0 Å². The van der Waals surface area contributed by atoms with Gasteiger partial charge in [0.05, 0.1) is 6.42 Å². The van der Waals surface area contributed by atoms with Crippen molar-refractivity contribution in [3.63, 3.8) is 0 Å². The van der Waals surface area contributed by atoms with Gasteiger partial charge in [0.2, 0.25) is 0 Å². The lowest BCUT2D eigenvalue weighted by Crippen LogP contribution is -2.37. The van der Waals surface area contributed by atoms with Crippen LogP contribution in [0.3, 0.4) is 0 Å². The molecule has 4 heteroatoms. The quantitative estimate of drug-likeness (QED) is 0.887. The average molecular weight is 312 g/mol. The van der Waals surface area contributed by atoms with Gasteiger partial charge in [0.15, 0.2) is 0 Å². The molecule has 0 amide bonds. The summed E-state index contributed by atoms with van der Waals surface area (Å²) in [6.45, 7) is 3.15. The molecule has 4 rings (SSSR count). The van der Waals surface area contributed by atoms with Crippen LogP contribution in [0.5, 0.6) is 0 Å². The third-order valence-corrected chi connectivity index (χ3v) is 5.69. The van der Waals surface area contributed by atoms with Gasteiger partial charge in [-0.2, -0.15) is 0 Å². The number of benzene rings is 1. The first-order chi connectivity index (χ1) is 11.2. The largest absolute Gasteiger partial charge is 0.481 e. The van der Waals surface area contributed by atoms with E-state index in [1.807, 2.05) is 0 Å². The van der Waals surface area contributed by atoms with Crippen LogP contribution in [0.25, 0.3) is 10.9 Å². The zero-order valence-electron chi connectivity index (χ0n) is 13.4. The number of hydrogen-bond donors (Lipinski definition) is 2. The van der Waals surface area contributed by atoms with Crippen molar-refractivity contribution in [1.29, 1.82) is 0 Å². The van der Waals surface area contributed by atoms with Crippen molar-refractivity contribution in [2.45, 2.75) is 38.0 Å². The molecule has 4 nitrogen and oxygen atoms in total. The number of nitrogens with zero attached hydrogens (tertiary/aromatic N) is 1. The topological polar surface area (TPSA) is 56.3 Å². The summed E-state index contributed by atoms with van der Waals surface area (Å²) >= 11 is 0. The molecular formula is C19H24N2O2. The van der Waals surface area contributed by atoms with Crippen molar-refractivity contribution in [2.75, 3.05) is 19.6 Å². The summed E-state index contributed by atoms with van der Waals surface area (Å²) in [7, 11) is 0. The molecule has 2 aliphatic rings. The Balaban J connectivity index is 1.39. The van der Waals surface area contributed by atoms with Crippen LogP contribution in [0.15, 0.2) is 30.5 Å². The second-order valence-electron chi connectivity index (χ2n) is 7.41. The number of carboxylic acid groups (broad SMARTS) is 1. The van der Waals surface area contributed by atoms with Crippen molar-refractivity contribution in [1.82, 2.24) is 9.88 Å². The molecule has 2 N–H and O–H groups in total. The molecule has 0 bridgehead atoms. The van der Waals surface area contributed by atoms with E-state index < -0.39 is 5.97 Å². The number of rotatable bonds is 5. The molecule has 0 radical (unpaired) electrons. The zero-order chi connectivity index (χ0) is 15.9. The number of fused-ring (bicyclic) bond motifs is 1. The van der Waals surface area contributed by atoms with Crippen LogP contribution in [-0.4, -0.2) is 40.6 Å². The van der Waals surface area contributed by atoms with Crippen molar-refractivity contribution in [3.05, 3.63) is 36.0 Å². The van der Waals surface area contributed by atoms with E-state index in [1.54, 1.807) is 0 Å². The maximum Gasteiger partial charge on any atom is 0.303 e. The molecule has 1 aliphatic carbocycles. The van der Waals surface area contributed by atoms with E-state index in [2.05, 4.69) is 40.3 Å². The number of aliphatic carboxylic acids is 1. The molecule has 2 aromatic rings. The van der Waals surface area contributed by atoms with Gasteiger partial charge in [-0.05, 0) is 61.7 Å². The Labute approximate surface area is 136 Å². The van der Waals surface area contributed by atoms with Gasteiger partial charge in [-0.3, -0.25) is 4.79 Å². The summed E-state index contributed by atoms with van der Waals surface area (Å²) in [5.41, 5.74) is 2.76. The van der Waals surface area contributed by atoms with Crippen LogP contribution in [0.4, 0.5) is 0 Å². The summed E-state index contributed by atoms with van der Waals surface area (Å²) in [5.74, 6) is -0.0202. The second kappa shape index (κ2) is 5.68. The molecule has 1 aliphatic heterocycles. The van der Waals surface area contributed by atoms with Crippen molar-refractivity contribution < 1.29 is 9.90 Å². The molecule has 1 aromatic heterocycles. The Kier molecular flexibility index (Phi) is 3.64. The van der Waals surface area contributed by atoms with Crippen LogP contribution in [-0.2, 0) is 4.79 Å². The van der Waals surface area contributed by atoms with Gasteiger partial charge in [-0.1, -0.05) is 18.2 Å². The highest BCUT2D eigenvalue weighted by Crippen LogP contribution is 2.50. The summed E-state index contributed by atoms with van der Waals surface area (Å²) in [6.07, 6.45) is 7.03. The lowest BCUT2D eigenvalue weighted by Gasteiger charge is -2.34. The Bertz CT molecular complexity index is 709. The summed E-state index contributed by atoms with van der Waals surface area (Å²) < 4.78 is 0. The molecule has 0 spiro atoms. The molecule has 23 heavy (non-hydrogen) atoms. The molecule has 1 aromatic carbocycles.